The first-order valence-electron chi connectivity index (χ1n) is 6.04. The first-order valence-corrected chi connectivity index (χ1v) is 6.92. The molecule has 0 aromatic carbocycles. The molecule has 1 atom stereocenters. The number of hydrogen-bond donors (Lipinski definition) is 1. The summed E-state index contributed by atoms with van der Waals surface area (Å²) in [4.78, 5) is 5.40. The molecule has 1 heterocycles. The van der Waals surface area contributed by atoms with Crippen molar-refractivity contribution in [2.24, 2.45) is 0 Å². The van der Waals surface area contributed by atoms with E-state index in [4.69, 9.17) is 9.47 Å². The molecule has 4 nitrogen and oxygen atoms in total. The van der Waals surface area contributed by atoms with Crippen LogP contribution in [0.2, 0.25) is 0 Å². The minimum Gasteiger partial charge on any atom is -0.382 e. The Labute approximate surface area is 107 Å². The highest BCUT2D eigenvalue weighted by Crippen LogP contribution is 2.09. The summed E-state index contributed by atoms with van der Waals surface area (Å²) < 4.78 is 10.5. The zero-order valence-electron chi connectivity index (χ0n) is 10.6. The third-order valence-corrected chi connectivity index (χ3v) is 3.17. The fourth-order valence-corrected chi connectivity index (χ4v) is 2.17. The molecule has 0 aliphatic rings. The largest absolute Gasteiger partial charge is 0.382 e. The molecule has 0 aliphatic carbocycles. The molecule has 17 heavy (non-hydrogen) atoms. The quantitative estimate of drug-likeness (QED) is 0.649. The van der Waals surface area contributed by atoms with Gasteiger partial charge in [-0.25, -0.2) is 0 Å². The normalized spacial score (nSPS) is 12.8. The van der Waals surface area contributed by atoms with E-state index >= 15 is 0 Å². The molecule has 0 aliphatic heterocycles. The number of methoxy groups -OCH3 is 1. The fraction of sp³-hybridized carbons (Fsp3) is 0.750. The van der Waals surface area contributed by atoms with Crippen LogP contribution in [0.25, 0.3) is 0 Å². The Bertz CT molecular complexity index is 267. The van der Waals surface area contributed by atoms with Crippen LogP contribution in [-0.2, 0) is 15.9 Å². The zero-order valence-corrected chi connectivity index (χ0v) is 11.5. The van der Waals surface area contributed by atoms with Gasteiger partial charge in [0.1, 0.15) is 0 Å². The van der Waals surface area contributed by atoms with Gasteiger partial charge in [0.25, 0.3) is 0 Å². The predicted molar refractivity (Wildman–Crippen MR) is 70.6 cm³/mol. The highest BCUT2D eigenvalue weighted by molar-refractivity contribution is 7.09. The number of nitrogens with zero attached hydrogens (tertiary/aromatic N) is 1. The first-order chi connectivity index (χ1) is 8.36. The number of aromatic nitrogens is 1. The van der Waals surface area contributed by atoms with Crippen LogP contribution < -0.4 is 5.32 Å². The summed E-state index contributed by atoms with van der Waals surface area (Å²) in [6.45, 7) is 5.23. The average Bonchev–Trinajstić information content (AvgIpc) is 2.84. The minimum absolute atomic E-state index is 0.368. The van der Waals surface area contributed by atoms with Crippen LogP contribution in [-0.4, -0.2) is 44.5 Å². The van der Waals surface area contributed by atoms with E-state index in [0.717, 1.165) is 26.0 Å². The lowest BCUT2D eigenvalue weighted by Gasteiger charge is -2.17. The molecule has 0 fully saturated rings. The van der Waals surface area contributed by atoms with Gasteiger partial charge in [0, 0.05) is 30.6 Å². The van der Waals surface area contributed by atoms with E-state index in [1.165, 1.54) is 4.88 Å². The lowest BCUT2D eigenvalue weighted by Crippen LogP contribution is -2.36. The average molecular weight is 258 g/mol. The number of nitrogens with one attached hydrogen (secondary N) is 1. The maximum absolute atomic E-state index is 5.58. The third-order valence-electron chi connectivity index (χ3n) is 2.36. The van der Waals surface area contributed by atoms with Gasteiger partial charge in [-0.05, 0) is 13.0 Å². The molecule has 98 valence electrons. The van der Waals surface area contributed by atoms with E-state index < -0.39 is 0 Å². The van der Waals surface area contributed by atoms with Gasteiger partial charge in [-0.15, -0.1) is 11.3 Å². The van der Waals surface area contributed by atoms with Gasteiger partial charge >= 0.3 is 0 Å². The van der Waals surface area contributed by atoms with Gasteiger partial charge in [-0.1, -0.05) is 6.92 Å². The monoisotopic (exact) mass is 258 g/mol. The fourth-order valence-electron chi connectivity index (χ4n) is 1.49. The topological polar surface area (TPSA) is 43.4 Å². The molecular weight excluding hydrogens is 236 g/mol. The van der Waals surface area contributed by atoms with Crippen LogP contribution in [0.5, 0.6) is 0 Å². The molecule has 1 aromatic rings. The maximum Gasteiger partial charge on any atom is 0.0794 e. The van der Waals surface area contributed by atoms with Gasteiger partial charge < -0.3 is 14.8 Å². The molecule has 0 bridgehead atoms. The SMILES string of the molecule is CCCNC(COCCOC)Cc1cncs1. The number of thiazole rings is 1. The van der Waals surface area contributed by atoms with Crippen molar-refractivity contribution in [3.63, 3.8) is 0 Å². The van der Waals surface area contributed by atoms with Crippen molar-refractivity contribution in [1.82, 2.24) is 10.3 Å². The van der Waals surface area contributed by atoms with Crippen LogP contribution in [0.15, 0.2) is 11.7 Å². The van der Waals surface area contributed by atoms with Crippen molar-refractivity contribution in [3.8, 4) is 0 Å². The van der Waals surface area contributed by atoms with Crippen LogP contribution in [0.3, 0.4) is 0 Å². The standard InChI is InChI=1S/C12H22N2O2S/c1-3-4-14-11(9-16-6-5-15-2)7-12-8-13-10-17-12/h8,10-11,14H,3-7,9H2,1-2H3. The Morgan fingerprint density at radius 3 is 3.00 bits per heavy atom. The molecule has 5 heteroatoms. The summed E-state index contributed by atoms with van der Waals surface area (Å²) >= 11 is 1.70. The van der Waals surface area contributed by atoms with Crippen molar-refractivity contribution < 1.29 is 9.47 Å². The Hall–Kier alpha value is -0.490. The molecule has 0 spiro atoms. The van der Waals surface area contributed by atoms with Gasteiger partial charge in [0.15, 0.2) is 0 Å². The summed E-state index contributed by atoms with van der Waals surface area (Å²) in [6, 6.07) is 0.368. The smallest absolute Gasteiger partial charge is 0.0794 e. The molecule has 0 saturated carbocycles. The summed E-state index contributed by atoms with van der Waals surface area (Å²) in [7, 11) is 1.69. The molecule has 1 N–H and O–H groups in total. The van der Waals surface area contributed by atoms with Crippen LogP contribution in [0, 0.1) is 0 Å². The van der Waals surface area contributed by atoms with Gasteiger partial charge in [-0.3, -0.25) is 4.98 Å². The molecule has 1 aromatic heterocycles. The number of rotatable bonds is 10. The van der Waals surface area contributed by atoms with E-state index in [-0.39, 0.29) is 0 Å². The summed E-state index contributed by atoms with van der Waals surface area (Å²) in [5.74, 6) is 0. The zero-order chi connectivity index (χ0) is 12.3. The van der Waals surface area contributed by atoms with E-state index in [1.807, 2.05) is 11.7 Å². The Morgan fingerprint density at radius 1 is 1.47 bits per heavy atom. The molecule has 0 saturated heterocycles. The Morgan fingerprint density at radius 2 is 2.35 bits per heavy atom. The van der Waals surface area contributed by atoms with E-state index in [9.17, 15) is 0 Å². The summed E-state index contributed by atoms with van der Waals surface area (Å²) in [5.41, 5.74) is 1.87. The van der Waals surface area contributed by atoms with Crippen molar-refractivity contribution in [2.75, 3.05) is 33.5 Å². The minimum atomic E-state index is 0.368. The highest BCUT2D eigenvalue weighted by atomic mass is 32.1. The first kappa shape index (κ1) is 14.6. The summed E-state index contributed by atoms with van der Waals surface area (Å²) in [6.07, 6.45) is 4.05. The van der Waals surface area contributed by atoms with Crippen molar-refractivity contribution in [2.45, 2.75) is 25.8 Å². The maximum atomic E-state index is 5.58. The molecule has 1 unspecified atom stereocenters. The van der Waals surface area contributed by atoms with Crippen LogP contribution in [0.4, 0.5) is 0 Å². The van der Waals surface area contributed by atoms with Crippen molar-refractivity contribution in [3.05, 3.63) is 16.6 Å². The predicted octanol–water partition coefficient (Wildman–Crippen LogP) is 1.72. The third kappa shape index (κ3) is 6.73. The van der Waals surface area contributed by atoms with Crippen LogP contribution in [0.1, 0.15) is 18.2 Å². The second-order valence-electron chi connectivity index (χ2n) is 3.89. The summed E-state index contributed by atoms with van der Waals surface area (Å²) in [5, 5.41) is 3.50. The lowest BCUT2D eigenvalue weighted by atomic mass is 10.2. The Kier molecular flexibility index (Phi) is 8.17. The highest BCUT2D eigenvalue weighted by Gasteiger charge is 2.09. The molecule has 0 amide bonds. The van der Waals surface area contributed by atoms with Crippen molar-refractivity contribution >= 4 is 11.3 Å². The second-order valence-corrected chi connectivity index (χ2v) is 4.86. The van der Waals surface area contributed by atoms with Gasteiger partial charge in [-0.2, -0.15) is 0 Å². The molecule has 0 radical (unpaired) electrons. The van der Waals surface area contributed by atoms with Gasteiger partial charge in [0.2, 0.25) is 0 Å². The van der Waals surface area contributed by atoms with Crippen LogP contribution >= 0.6 is 11.3 Å². The number of hydrogen-bond acceptors (Lipinski definition) is 5. The van der Waals surface area contributed by atoms with E-state index in [2.05, 4.69) is 17.2 Å². The van der Waals surface area contributed by atoms with Gasteiger partial charge in [0.05, 0.1) is 25.3 Å². The van der Waals surface area contributed by atoms with E-state index in [0.29, 0.717) is 19.3 Å². The second kappa shape index (κ2) is 9.53. The molecule has 1 rings (SSSR count). The Balaban J connectivity index is 2.26. The number of ether oxygens (including phenoxy) is 2. The van der Waals surface area contributed by atoms with E-state index in [1.54, 1.807) is 18.4 Å². The molecular formula is C12H22N2O2S. The van der Waals surface area contributed by atoms with Crippen molar-refractivity contribution in [1.29, 1.82) is 0 Å². The lowest BCUT2D eigenvalue weighted by molar-refractivity contribution is 0.0588.